The molecule has 2 aromatic rings. The number of benzene rings is 1. The van der Waals surface area contributed by atoms with Gasteiger partial charge < -0.3 is 4.74 Å². The van der Waals surface area contributed by atoms with E-state index >= 15 is 0 Å². The fourth-order valence-corrected chi connectivity index (χ4v) is 10.1. The molecular weight excluding hydrogens is 488 g/mol. The summed E-state index contributed by atoms with van der Waals surface area (Å²) < 4.78 is 37.5. The van der Waals surface area contributed by atoms with Crippen LogP contribution in [0.2, 0.25) is 0 Å². The number of fused-ring (bicyclic) bond motifs is 1. The first-order valence-electron chi connectivity index (χ1n) is 13.5. The van der Waals surface area contributed by atoms with E-state index in [0.717, 1.165) is 57.6 Å². The van der Waals surface area contributed by atoms with Crippen molar-refractivity contribution in [2.24, 2.45) is 28.7 Å². The van der Waals surface area contributed by atoms with E-state index in [0.29, 0.717) is 22.6 Å². The fraction of sp³-hybridized carbons (Fsp3) is 0.621. The van der Waals surface area contributed by atoms with Gasteiger partial charge in [0.25, 0.3) is 10.0 Å². The highest BCUT2D eigenvalue weighted by Gasteiger charge is 2.48. The number of hydrogen-bond acceptors (Lipinski definition) is 5. The minimum Gasteiger partial charge on any atom is -0.487 e. The number of rotatable bonds is 4. The molecule has 5 aliphatic rings. The first kappa shape index (κ1) is 24.5. The Bertz CT molecular complexity index is 1300. The highest BCUT2D eigenvalue weighted by atomic mass is 32.2. The molecule has 0 amide bonds. The van der Waals surface area contributed by atoms with Crippen LogP contribution in [-0.2, 0) is 16.4 Å². The van der Waals surface area contributed by atoms with Crippen LogP contribution in [0.4, 0.5) is 0 Å². The molecule has 7 rings (SSSR count). The smallest absolute Gasteiger partial charge is 0.263 e. The third kappa shape index (κ3) is 4.10. The molecule has 0 atom stereocenters. The van der Waals surface area contributed by atoms with Gasteiger partial charge in [-0.15, -0.1) is 11.3 Å². The van der Waals surface area contributed by atoms with Crippen LogP contribution in [0.1, 0.15) is 79.5 Å². The highest BCUT2D eigenvalue weighted by molar-refractivity contribution is 7.90. The number of thiophene rings is 1. The molecule has 1 N–H and O–H groups in total. The summed E-state index contributed by atoms with van der Waals surface area (Å²) in [5.41, 5.74) is 3.26. The van der Waals surface area contributed by atoms with Crippen molar-refractivity contribution in [2.75, 3.05) is 0 Å². The number of nitrogens with one attached hydrogen (secondary N) is 1. The van der Waals surface area contributed by atoms with Crippen LogP contribution in [0, 0.1) is 44.4 Å². The molecule has 194 valence electrons. The van der Waals surface area contributed by atoms with Crippen LogP contribution in [0.3, 0.4) is 0 Å². The summed E-state index contributed by atoms with van der Waals surface area (Å²) in [7, 11) is -3.84. The van der Waals surface area contributed by atoms with E-state index < -0.39 is 10.0 Å². The lowest BCUT2D eigenvalue weighted by Gasteiger charge is -2.53. The zero-order valence-electron chi connectivity index (χ0n) is 22.1. The van der Waals surface area contributed by atoms with Crippen LogP contribution < -0.4 is 9.46 Å². The van der Waals surface area contributed by atoms with E-state index in [1.165, 1.54) is 32.1 Å². The lowest BCUT2D eigenvalue weighted by Crippen LogP contribution is -2.48. The number of hydrogen-bond donors (Lipinski definition) is 1. The summed E-state index contributed by atoms with van der Waals surface area (Å²) in [6.45, 7) is 10.0. The molecule has 4 bridgehead atoms. The molecule has 4 saturated carbocycles. The van der Waals surface area contributed by atoms with Crippen molar-refractivity contribution in [2.45, 2.75) is 96.1 Å². The molecule has 2 heterocycles. The minimum atomic E-state index is -3.84. The Hall–Kier alpha value is -1.86. The summed E-state index contributed by atoms with van der Waals surface area (Å²) in [6, 6.07) is 4.18. The first-order chi connectivity index (χ1) is 17.0. The van der Waals surface area contributed by atoms with Crippen molar-refractivity contribution in [3.8, 4) is 5.75 Å². The molecular formula is C29H38N2O3S2. The highest BCUT2D eigenvalue weighted by Crippen LogP contribution is 2.55. The topological polar surface area (TPSA) is 67.8 Å². The third-order valence-corrected chi connectivity index (χ3v) is 11.9. The average Bonchev–Trinajstić information content (AvgIpc) is 3.33. The molecule has 1 aromatic heterocycles. The first-order valence-corrected chi connectivity index (χ1v) is 15.8. The number of ether oxygens (including phenoxy) is 1. The summed E-state index contributed by atoms with van der Waals surface area (Å²) in [6.07, 6.45) is 8.09. The normalized spacial score (nSPS) is 30.7. The predicted octanol–water partition coefficient (Wildman–Crippen LogP) is 6.33. The van der Waals surface area contributed by atoms with Gasteiger partial charge in [-0.05, 0) is 137 Å². The Morgan fingerprint density at radius 1 is 1.03 bits per heavy atom. The number of amidine groups is 1. The second-order valence-electron chi connectivity index (χ2n) is 12.4. The number of sulfonamides is 1. The zero-order valence-corrected chi connectivity index (χ0v) is 23.7. The SMILES string of the molecule is Cc1c(C)c(S(=O)(=O)NC(=NC2C3CC4CC(C3)CC2C4)c2cccs2)c(C)c2c1OC(C)(C)CC2. The zero-order chi connectivity index (χ0) is 25.4. The van der Waals surface area contributed by atoms with Crippen molar-refractivity contribution >= 4 is 27.2 Å². The lowest BCUT2D eigenvalue weighted by molar-refractivity contribution is 0.00123. The second-order valence-corrected chi connectivity index (χ2v) is 14.9. The monoisotopic (exact) mass is 526 g/mol. The Balaban J connectivity index is 1.39. The van der Waals surface area contributed by atoms with Crippen LogP contribution in [0.25, 0.3) is 0 Å². The van der Waals surface area contributed by atoms with Gasteiger partial charge in [0.05, 0.1) is 15.8 Å². The fourth-order valence-electron chi connectivity index (χ4n) is 7.74. The van der Waals surface area contributed by atoms with Gasteiger partial charge in [-0.25, -0.2) is 8.42 Å². The van der Waals surface area contributed by atoms with Crippen LogP contribution in [-0.4, -0.2) is 25.9 Å². The number of nitrogens with zero attached hydrogens (tertiary/aromatic N) is 1. The van der Waals surface area contributed by atoms with E-state index in [9.17, 15) is 8.42 Å². The van der Waals surface area contributed by atoms with E-state index in [4.69, 9.17) is 9.73 Å². The quantitative estimate of drug-likeness (QED) is 0.374. The van der Waals surface area contributed by atoms with Gasteiger partial charge in [-0.3, -0.25) is 9.71 Å². The van der Waals surface area contributed by atoms with Crippen molar-refractivity contribution in [1.29, 1.82) is 0 Å². The average molecular weight is 527 g/mol. The molecule has 4 aliphatic carbocycles. The Labute approximate surface area is 219 Å². The van der Waals surface area contributed by atoms with Gasteiger partial charge in [-0.1, -0.05) is 6.07 Å². The van der Waals surface area contributed by atoms with E-state index in [1.54, 1.807) is 11.3 Å². The van der Waals surface area contributed by atoms with E-state index in [-0.39, 0.29) is 11.6 Å². The van der Waals surface area contributed by atoms with Gasteiger partial charge in [0, 0.05) is 0 Å². The summed E-state index contributed by atoms with van der Waals surface area (Å²) >= 11 is 1.55. The summed E-state index contributed by atoms with van der Waals surface area (Å²) in [4.78, 5) is 6.51. The van der Waals surface area contributed by atoms with Crippen molar-refractivity contribution in [1.82, 2.24) is 4.72 Å². The molecule has 0 saturated heterocycles. The third-order valence-electron chi connectivity index (χ3n) is 9.38. The standard InChI is InChI=1S/C29H38N2O3S2/c1-16-17(2)27(18(3)23-8-9-29(4,5)34-26(16)23)36(32,33)31-28(24-7-6-10-35-24)30-25-21-12-19-11-20(14-21)15-22(25)13-19/h6-7,10,19-22,25H,8-9,11-15H2,1-5H3,(H,30,31). The number of aliphatic imine (C=N–C) groups is 1. The Kier molecular flexibility index (Phi) is 5.84. The summed E-state index contributed by atoms with van der Waals surface area (Å²) in [5, 5.41) is 1.99. The lowest BCUT2D eigenvalue weighted by atomic mass is 9.54. The summed E-state index contributed by atoms with van der Waals surface area (Å²) in [5.74, 6) is 4.29. The largest absolute Gasteiger partial charge is 0.487 e. The predicted molar refractivity (Wildman–Crippen MR) is 146 cm³/mol. The molecule has 4 fully saturated rings. The van der Waals surface area contributed by atoms with Gasteiger partial charge in [-0.2, -0.15) is 0 Å². The van der Waals surface area contributed by atoms with E-state index in [2.05, 4.69) is 18.6 Å². The maximum Gasteiger partial charge on any atom is 0.263 e. The van der Waals surface area contributed by atoms with Crippen LogP contribution in [0.5, 0.6) is 5.75 Å². The van der Waals surface area contributed by atoms with Crippen LogP contribution >= 0.6 is 11.3 Å². The molecule has 0 spiro atoms. The minimum absolute atomic E-state index is 0.223. The van der Waals surface area contributed by atoms with Crippen LogP contribution in [0.15, 0.2) is 27.4 Å². The molecule has 36 heavy (non-hydrogen) atoms. The van der Waals surface area contributed by atoms with Crippen molar-refractivity contribution in [3.05, 3.63) is 44.6 Å². The van der Waals surface area contributed by atoms with Crippen molar-refractivity contribution in [3.63, 3.8) is 0 Å². The molecule has 7 heteroatoms. The molecule has 0 unspecified atom stereocenters. The maximum atomic E-state index is 14.1. The molecule has 5 nitrogen and oxygen atoms in total. The van der Waals surface area contributed by atoms with Gasteiger partial charge in [0.15, 0.2) is 5.84 Å². The molecule has 1 aliphatic heterocycles. The Morgan fingerprint density at radius 3 is 2.31 bits per heavy atom. The van der Waals surface area contributed by atoms with Gasteiger partial charge in [0.2, 0.25) is 0 Å². The van der Waals surface area contributed by atoms with Gasteiger partial charge >= 0.3 is 0 Å². The molecule has 0 radical (unpaired) electrons. The maximum absolute atomic E-state index is 14.1. The second kappa shape index (κ2) is 8.59. The molecule has 1 aromatic carbocycles. The Morgan fingerprint density at radius 2 is 1.69 bits per heavy atom. The van der Waals surface area contributed by atoms with Crippen molar-refractivity contribution < 1.29 is 13.2 Å². The van der Waals surface area contributed by atoms with Gasteiger partial charge in [0.1, 0.15) is 11.4 Å². The van der Waals surface area contributed by atoms with E-state index in [1.807, 2.05) is 38.3 Å².